The number of nitrogens with zero attached hydrogens (tertiary/aromatic N) is 2. The van der Waals surface area contributed by atoms with Gasteiger partial charge in [-0.25, -0.2) is 0 Å². The van der Waals surface area contributed by atoms with Gasteiger partial charge >= 0.3 is 0 Å². The molecule has 82 valence electrons. The highest BCUT2D eigenvalue weighted by Crippen LogP contribution is 2.27. The number of nitriles is 1. The van der Waals surface area contributed by atoms with Gasteiger partial charge in [0.15, 0.2) is 0 Å². The molecule has 2 rings (SSSR count). The molecule has 0 spiro atoms. The molecule has 0 saturated carbocycles. The van der Waals surface area contributed by atoms with Crippen molar-refractivity contribution in [2.75, 3.05) is 18.1 Å². The van der Waals surface area contributed by atoms with Crippen LogP contribution in [0.15, 0.2) is 24.3 Å². The topological polar surface area (TPSA) is 64.3 Å². The zero-order chi connectivity index (χ0) is 11.5. The first-order chi connectivity index (χ1) is 7.76. The van der Waals surface area contributed by atoms with Crippen LogP contribution in [-0.2, 0) is 4.79 Å². The maximum atomic E-state index is 11.7. The van der Waals surface area contributed by atoms with Crippen LogP contribution in [0.5, 0.6) is 0 Å². The van der Waals surface area contributed by atoms with Gasteiger partial charge in [-0.2, -0.15) is 5.26 Å². The van der Waals surface area contributed by atoms with Crippen molar-refractivity contribution < 1.29 is 9.90 Å². The van der Waals surface area contributed by atoms with E-state index in [1.165, 1.54) is 0 Å². The van der Waals surface area contributed by atoms with Crippen LogP contribution in [-0.4, -0.2) is 24.2 Å². The Morgan fingerprint density at radius 3 is 2.88 bits per heavy atom. The molecule has 1 fully saturated rings. The Labute approximate surface area is 93.7 Å². The van der Waals surface area contributed by atoms with Crippen molar-refractivity contribution in [3.8, 4) is 6.07 Å². The van der Waals surface area contributed by atoms with E-state index in [1.54, 1.807) is 29.2 Å². The number of benzene rings is 1. The normalized spacial score (nSPS) is 19.9. The van der Waals surface area contributed by atoms with E-state index in [1.807, 2.05) is 0 Å². The van der Waals surface area contributed by atoms with Crippen LogP contribution < -0.4 is 4.90 Å². The number of hydrogen-bond acceptors (Lipinski definition) is 3. The molecule has 1 N–H and O–H groups in total. The lowest BCUT2D eigenvalue weighted by molar-refractivity contribution is -0.117. The smallest absolute Gasteiger partial charge is 0.227 e. The summed E-state index contributed by atoms with van der Waals surface area (Å²) >= 11 is 0. The second-order valence-corrected chi connectivity index (χ2v) is 3.89. The number of anilines is 1. The average Bonchev–Trinajstić information content (AvgIpc) is 2.70. The molecule has 1 saturated heterocycles. The van der Waals surface area contributed by atoms with Gasteiger partial charge < -0.3 is 10.0 Å². The van der Waals surface area contributed by atoms with E-state index in [2.05, 4.69) is 6.07 Å². The van der Waals surface area contributed by atoms with E-state index in [-0.39, 0.29) is 18.4 Å². The molecule has 0 bridgehead atoms. The van der Waals surface area contributed by atoms with E-state index in [4.69, 9.17) is 10.4 Å². The number of aliphatic hydroxyl groups is 1. The Morgan fingerprint density at radius 2 is 2.25 bits per heavy atom. The molecule has 1 aromatic rings. The molecule has 1 aliphatic rings. The highest BCUT2D eigenvalue weighted by Gasteiger charge is 2.31. The summed E-state index contributed by atoms with van der Waals surface area (Å²) in [4.78, 5) is 13.3. The Balaban J connectivity index is 2.32. The fourth-order valence-corrected chi connectivity index (χ4v) is 1.94. The Bertz CT molecular complexity index is 451. The average molecular weight is 216 g/mol. The van der Waals surface area contributed by atoms with Gasteiger partial charge in [-0.3, -0.25) is 4.79 Å². The second kappa shape index (κ2) is 4.33. The first-order valence-electron chi connectivity index (χ1n) is 5.16. The van der Waals surface area contributed by atoms with Crippen LogP contribution in [0.2, 0.25) is 0 Å². The second-order valence-electron chi connectivity index (χ2n) is 3.89. The highest BCUT2D eigenvalue weighted by atomic mass is 16.3. The third-order valence-electron chi connectivity index (χ3n) is 2.78. The number of hydrogen-bond donors (Lipinski definition) is 1. The fourth-order valence-electron chi connectivity index (χ4n) is 1.94. The predicted octanol–water partition coefficient (Wildman–Crippen LogP) is 0.903. The molecule has 16 heavy (non-hydrogen) atoms. The Kier molecular flexibility index (Phi) is 2.88. The van der Waals surface area contributed by atoms with E-state index < -0.39 is 0 Å². The predicted molar refractivity (Wildman–Crippen MR) is 58.7 cm³/mol. The third-order valence-corrected chi connectivity index (χ3v) is 2.78. The molecule has 0 aliphatic carbocycles. The zero-order valence-corrected chi connectivity index (χ0v) is 8.76. The summed E-state index contributed by atoms with van der Waals surface area (Å²) in [6.45, 7) is 0.505. The molecule has 1 atom stereocenters. The summed E-state index contributed by atoms with van der Waals surface area (Å²) in [6, 6.07) is 9.09. The van der Waals surface area contributed by atoms with Crippen LogP contribution in [0.1, 0.15) is 12.0 Å². The molecular formula is C12H12N2O2. The van der Waals surface area contributed by atoms with Crippen molar-refractivity contribution in [3.63, 3.8) is 0 Å². The summed E-state index contributed by atoms with van der Waals surface area (Å²) in [5, 5.41) is 18.0. The first-order valence-corrected chi connectivity index (χ1v) is 5.16. The van der Waals surface area contributed by atoms with Crippen molar-refractivity contribution in [2.45, 2.75) is 6.42 Å². The molecular weight excluding hydrogens is 204 g/mol. The maximum absolute atomic E-state index is 11.7. The summed E-state index contributed by atoms with van der Waals surface area (Å²) in [5.41, 5.74) is 1.14. The third kappa shape index (κ3) is 1.77. The van der Waals surface area contributed by atoms with Crippen LogP contribution in [0.4, 0.5) is 5.69 Å². The lowest BCUT2D eigenvalue weighted by Gasteiger charge is -2.17. The summed E-state index contributed by atoms with van der Waals surface area (Å²) < 4.78 is 0. The van der Waals surface area contributed by atoms with Crippen molar-refractivity contribution in [3.05, 3.63) is 29.8 Å². The quantitative estimate of drug-likeness (QED) is 0.799. The summed E-state index contributed by atoms with van der Waals surface area (Å²) in [5.74, 6) is -0.0407. The number of amides is 1. The maximum Gasteiger partial charge on any atom is 0.227 e. The largest absolute Gasteiger partial charge is 0.396 e. The van der Waals surface area contributed by atoms with E-state index in [9.17, 15) is 4.79 Å². The summed E-state index contributed by atoms with van der Waals surface area (Å²) in [6.07, 6.45) is 0.357. The van der Waals surface area contributed by atoms with Crippen LogP contribution in [0.25, 0.3) is 0 Å². The molecule has 1 unspecified atom stereocenters. The van der Waals surface area contributed by atoms with Gasteiger partial charge in [-0.15, -0.1) is 0 Å². The fraction of sp³-hybridized carbons (Fsp3) is 0.333. The van der Waals surface area contributed by atoms with Crippen LogP contribution in [0.3, 0.4) is 0 Å². The minimum absolute atomic E-state index is 0.0109. The van der Waals surface area contributed by atoms with Gasteiger partial charge in [0, 0.05) is 25.5 Å². The van der Waals surface area contributed by atoms with E-state index in [0.29, 0.717) is 24.2 Å². The summed E-state index contributed by atoms with van der Waals surface area (Å²) in [7, 11) is 0. The minimum Gasteiger partial charge on any atom is -0.396 e. The van der Waals surface area contributed by atoms with Crippen LogP contribution in [0, 0.1) is 17.2 Å². The molecule has 1 aromatic carbocycles. The van der Waals surface area contributed by atoms with Gasteiger partial charge in [0.1, 0.15) is 6.07 Å². The molecule has 1 heterocycles. The van der Waals surface area contributed by atoms with Crippen molar-refractivity contribution in [1.29, 1.82) is 5.26 Å². The SMILES string of the molecule is N#Cc1ccccc1N1CC(CO)CC1=O. The van der Waals surface area contributed by atoms with Gasteiger partial charge in [-0.05, 0) is 12.1 Å². The Morgan fingerprint density at radius 1 is 1.50 bits per heavy atom. The molecule has 0 radical (unpaired) electrons. The highest BCUT2D eigenvalue weighted by molar-refractivity contribution is 5.96. The van der Waals surface area contributed by atoms with Gasteiger partial charge in [0.25, 0.3) is 0 Å². The number of aliphatic hydroxyl groups excluding tert-OH is 1. The number of carbonyl (C=O) groups is 1. The Hall–Kier alpha value is -1.86. The molecule has 4 heteroatoms. The molecule has 0 aromatic heterocycles. The monoisotopic (exact) mass is 216 g/mol. The molecule has 1 aliphatic heterocycles. The van der Waals surface area contributed by atoms with Crippen LogP contribution >= 0.6 is 0 Å². The van der Waals surface area contributed by atoms with Gasteiger partial charge in [-0.1, -0.05) is 12.1 Å². The van der Waals surface area contributed by atoms with E-state index in [0.717, 1.165) is 0 Å². The van der Waals surface area contributed by atoms with E-state index >= 15 is 0 Å². The standard InChI is InChI=1S/C12H12N2O2/c13-6-10-3-1-2-4-11(10)14-7-9(8-15)5-12(14)16/h1-4,9,15H,5,7-8H2. The first kappa shape index (κ1) is 10.7. The lowest BCUT2D eigenvalue weighted by Crippen LogP contribution is -2.25. The van der Waals surface area contributed by atoms with Crippen molar-refractivity contribution >= 4 is 11.6 Å². The minimum atomic E-state index is -0.0262. The molecule has 4 nitrogen and oxygen atoms in total. The lowest BCUT2D eigenvalue weighted by atomic mass is 10.1. The van der Waals surface area contributed by atoms with Crippen molar-refractivity contribution in [1.82, 2.24) is 0 Å². The number of rotatable bonds is 2. The van der Waals surface area contributed by atoms with Crippen molar-refractivity contribution in [2.24, 2.45) is 5.92 Å². The van der Waals surface area contributed by atoms with Gasteiger partial charge in [0.05, 0.1) is 11.3 Å². The number of para-hydroxylation sites is 1. The zero-order valence-electron chi connectivity index (χ0n) is 8.76. The molecule has 1 amide bonds. The number of carbonyl (C=O) groups excluding carboxylic acids is 1. The van der Waals surface area contributed by atoms with Gasteiger partial charge in [0.2, 0.25) is 5.91 Å².